The fourth-order valence-corrected chi connectivity index (χ4v) is 4.27. The molecule has 1 heterocycles. The van der Waals surface area contributed by atoms with E-state index >= 15 is 0 Å². The normalized spacial score (nSPS) is 12.1. The Morgan fingerprint density at radius 1 is 0.829 bits per heavy atom. The van der Waals surface area contributed by atoms with Crippen LogP contribution in [0.4, 0.5) is 0 Å². The highest BCUT2D eigenvalue weighted by Crippen LogP contribution is 2.25. The molecule has 182 valence electrons. The van der Waals surface area contributed by atoms with Crippen LogP contribution in [-0.4, -0.2) is 27.2 Å². The molecule has 35 heavy (non-hydrogen) atoms. The van der Waals surface area contributed by atoms with E-state index in [4.69, 9.17) is 9.47 Å². The largest absolute Gasteiger partial charge is 0.489 e. The van der Waals surface area contributed by atoms with E-state index in [-0.39, 0.29) is 0 Å². The molecule has 0 spiro atoms. The van der Waals surface area contributed by atoms with Gasteiger partial charge in [-0.25, -0.2) is 0 Å². The molecule has 1 atom stereocenters. The number of para-hydroxylation sites is 1. The molecule has 0 bridgehead atoms. The van der Waals surface area contributed by atoms with Gasteiger partial charge in [-0.15, -0.1) is 10.2 Å². The molecule has 0 saturated carbocycles. The Morgan fingerprint density at radius 3 is 2.31 bits per heavy atom. The second kappa shape index (κ2) is 12.8. The number of aryl methyl sites for hydroxylation is 2. The fraction of sp³-hybridized carbons (Fsp3) is 0.345. The summed E-state index contributed by atoms with van der Waals surface area (Å²) < 4.78 is 12.3. The molecule has 1 N–H and O–H groups in total. The topological polar surface area (TPSA) is 72.9 Å². The predicted octanol–water partition coefficient (Wildman–Crippen LogP) is 5.91. The number of hydrogen-bond acceptors (Lipinski definition) is 5. The average Bonchev–Trinajstić information content (AvgIpc) is 3.41. The zero-order chi connectivity index (χ0) is 24.3. The summed E-state index contributed by atoms with van der Waals surface area (Å²) >= 11 is 0. The molecule has 0 aliphatic heterocycles. The molecule has 6 nitrogen and oxygen atoms in total. The second-order valence-corrected chi connectivity index (χ2v) is 9.29. The van der Waals surface area contributed by atoms with Crippen molar-refractivity contribution in [3.63, 3.8) is 0 Å². The SMILES string of the molecule is CC(C)CC(COCc1cc(COc2ccccc2)ccc1CCc1nn[nH]n1)c1ccccc1. The third-order valence-electron chi connectivity index (χ3n) is 6.03. The Hall–Kier alpha value is -3.51. The van der Waals surface area contributed by atoms with E-state index < -0.39 is 0 Å². The third kappa shape index (κ3) is 7.76. The van der Waals surface area contributed by atoms with Gasteiger partial charge in [0.2, 0.25) is 0 Å². The van der Waals surface area contributed by atoms with Crippen molar-refractivity contribution in [2.75, 3.05) is 6.61 Å². The maximum absolute atomic E-state index is 6.34. The smallest absolute Gasteiger partial charge is 0.174 e. The van der Waals surface area contributed by atoms with Crippen molar-refractivity contribution in [1.82, 2.24) is 20.6 Å². The highest BCUT2D eigenvalue weighted by Gasteiger charge is 2.15. The van der Waals surface area contributed by atoms with Crippen molar-refractivity contribution in [1.29, 1.82) is 0 Å². The van der Waals surface area contributed by atoms with E-state index in [1.807, 2.05) is 30.3 Å². The van der Waals surface area contributed by atoms with Crippen molar-refractivity contribution >= 4 is 0 Å². The van der Waals surface area contributed by atoms with Gasteiger partial charge in [0, 0.05) is 12.3 Å². The monoisotopic (exact) mass is 470 g/mol. The number of hydrogen-bond donors (Lipinski definition) is 1. The maximum Gasteiger partial charge on any atom is 0.174 e. The predicted molar refractivity (Wildman–Crippen MR) is 137 cm³/mol. The zero-order valence-electron chi connectivity index (χ0n) is 20.6. The molecule has 4 aromatic rings. The van der Waals surface area contributed by atoms with Crippen LogP contribution < -0.4 is 4.74 Å². The highest BCUT2D eigenvalue weighted by molar-refractivity contribution is 5.33. The molecule has 4 rings (SSSR count). The van der Waals surface area contributed by atoms with Crippen LogP contribution in [0.15, 0.2) is 78.9 Å². The Labute approximate surface area is 207 Å². The first-order chi connectivity index (χ1) is 17.2. The lowest BCUT2D eigenvalue weighted by atomic mass is 9.91. The van der Waals surface area contributed by atoms with E-state index in [0.29, 0.717) is 31.7 Å². The van der Waals surface area contributed by atoms with Crippen molar-refractivity contribution in [2.24, 2.45) is 5.92 Å². The standard InChI is InChI=1S/C29H34N4O2/c1-22(2)17-26(24-9-5-3-6-10-24)20-34-21-27-18-23(19-35-28-11-7-4-8-12-28)13-14-25(27)15-16-29-30-32-33-31-29/h3-14,18,22,26H,15-17,19-21H2,1-2H3,(H,30,31,32,33). The molecule has 0 saturated heterocycles. The summed E-state index contributed by atoms with van der Waals surface area (Å²) in [5, 5.41) is 14.4. The first kappa shape index (κ1) is 24.6. The van der Waals surface area contributed by atoms with Crippen LogP contribution in [0, 0.1) is 5.92 Å². The summed E-state index contributed by atoms with van der Waals surface area (Å²) in [5.74, 6) is 2.57. The van der Waals surface area contributed by atoms with Gasteiger partial charge in [-0.2, -0.15) is 5.21 Å². The summed E-state index contributed by atoms with van der Waals surface area (Å²) in [6.07, 6.45) is 2.65. The van der Waals surface area contributed by atoms with Crippen LogP contribution in [0.25, 0.3) is 0 Å². The molecule has 1 unspecified atom stereocenters. The minimum Gasteiger partial charge on any atom is -0.489 e. The zero-order valence-corrected chi connectivity index (χ0v) is 20.6. The molecule has 1 aromatic heterocycles. The van der Waals surface area contributed by atoms with Crippen LogP contribution >= 0.6 is 0 Å². The number of ether oxygens (including phenoxy) is 2. The molecule has 0 aliphatic rings. The number of nitrogens with zero attached hydrogens (tertiary/aromatic N) is 3. The number of H-pyrrole nitrogens is 1. The van der Waals surface area contributed by atoms with Gasteiger partial charge in [0.1, 0.15) is 12.4 Å². The molecule has 3 aromatic carbocycles. The first-order valence-electron chi connectivity index (χ1n) is 12.3. The number of nitrogens with one attached hydrogen (secondary N) is 1. The van der Waals surface area contributed by atoms with Gasteiger partial charge in [0.05, 0.1) is 13.2 Å². The van der Waals surface area contributed by atoms with Crippen molar-refractivity contribution < 1.29 is 9.47 Å². The summed E-state index contributed by atoms with van der Waals surface area (Å²) in [6.45, 7) is 6.30. The fourth-order valence-electron chi connectivity index (χ4n) is 4.27. The lowest BCUT2D eigenvalue weighted by Crippen LogP contribution is -2.12. The third-order valence-corrected chi connectivity index (χ3v) is 6.03. The summed E-state index contributed by atoms with van der Waals surface area (Å²) in [5.41, 5.74) is 4.87. The van der Waals surface area contributed by atoms with Crippen molar-refractivity contribution in [2.45, 2.75) is 52.2 Å². The number of benzene rings is 3. The summed E-state index contributed by atoms with van der Waals surface area (Å²) in [7, 11) is 0. The number of tetrazole rings is 1. The Kier molecular flexibility index (Phi) is 9.01. The molecular weight excluding hydrogens is 436 g/mol. The van der Waals surface area contributed by atoms with Gasteiger partial charge in [0.25, 0.3) is 0 Å². The molecule has 0 amide bonds. The molecule has 0 aliphatic carbocycles. The van der Waals surface area contributed by atoms with Crippen molar-refractivity contribution in [3.8, 4) is 5.75 Å². The van der Waals surface area contributed by atoms with Gasteiger partial charge in [-0.05, 0) is 59.2 Å². The van der Waals surface area contributed by atoms with Gasteiger partial charge in [-0.1, -0.05) is 79.7 Å². The van der Waals surface area contributed by atoms with Crippen molar-refractivity contribution in [3.05, 3.63) is 107 Å². The minimum atomic E-state index is 0.378. The van der Waals surface area contributed by atoms with E-state index in [2.05, 4.69) is 83.0 Å². The lowest BCUT2D eigenvalue weighted by Gasteiger charge is -2.20. The maximum atomic E-state index is 6.34. The van der Waals surface area contributed by atoms with Gasteiger partial charge >= 0.3 is 0 Å². The summed E-state index contributed by atoms with van der Waals surface area (Å²) in [6, 6.07) is 27.1. The number of aromatic nitrogens is 4. The van der Waals surface area contributed by atoms with E-state index in [1.54, 1.807) is 0 Å². The quantitative estimate of drug-likeness (QED) is 0.263. The summed E-state index contributed by atoms with van der Waals surface area (Å²) in [4.78, 5) is 0. The molecule has 0 radical (unpaired) electrons. The van der Waals surface area contributed by atoms with E-state index in [9.17, 15) is 0 Å². The Balaban J connectivity index is 1.44. The first-order valence-corrected chi connectivity index (χ1v) is 12.3. The molecule has 6 heteroatoms. The highest BCUT2D eigenvalue weighted by atomic mass is 16.5. The number of rotatable bonds is 13. The van der Waals surface area contributed by atoms with E-state index in [1.165, 1.54) is 16.7 Å². The van der Waals surface area contributed by atoms with Gasteiger partial charge in [0.15, 0.2) is 5.82 Å². The average molecular weight is 471 g/mol. The van der Waals surface area contributed by atoms with Crippen LogP contribution in [0.1, 0.15) is 54.3 Å². The Morgan fingerprint density at radius 2 is 1.60 bits per heavy atom. The van der Waals surface area contributed by atoms with Gasteiger partial charge in [-0.3, -0.25) is 0 Å². The lowest BCUT2D eigenvalue weighted by molar-refractivity contribution is 0.101. The van der Waals surface area contributed by atoms with Crippen LogP contribution in [-0.2, 0) is 30.8 Å². The molecular formula is C29H34N4O2. The van der Waals surface area contributed by atoms with Gasteiger partial charge < -0.3 is 9.47 Å². The Bertz CT molecular complexity index is 1130. The minimum absolute atomic E-state index is 0.378. The van der Waals surface area contributed by atoms with Crippen LogP contribution in [0.5, 0.6) is 5.75 Å². The number of aromatic amines is 1. The van der Waals surface area contributed by atoms with Crippen LogP contribution in [0.3, 0.4) is 0 Å². The second-order valence-electron chi connectivity index (χ2n) is 9.29. The van der Waals surface area contributed by atoms with Crippen LogP contribution in [0.2, 0.25) is 0 Å². The molecule has 0 fully saturated rings. The van der Waals surface area contributed by atoms with E-state index in [0.717, 1.165) is 36.4 Å².